The van der Waals surface area contributed by atoms with Gasteiger partial charge >= 0.3 is 0 Å². The largest absolute Gasteiger partial charge is 0.489 e. The van der Waals surface area contributed by atoms with Crippen molar-refractivity contribution in [3.05, 3.63) is 59.6 Å². The van der Waals surface area contributed by atoms with Gasteiger partial charge in [0.15, 0.2) is 0 Å². The van der Waals surface area contributed by atoms with Crippen LogP contribution in [0.3, 0.4) is 0 Å². The van der Waals surface area contributed by atoms with Crippen molar-refractivity contribution in [2.75, 3.05) is 18.0 Å². The molecule has 0 fully saturated rings. The lowest BCUT2D eigenvalue weighted by atomic mass is 10.1. The number of hydrogen-bond donors (Lipinski definition) is 0. The molecule has 2 aromatic carbocycles. The molecule has 3 rings (SSSR count). The Hall–Kier alpha value is -2.29. The van der Waals surface area contributed by atoms with Gasteiger partial charge in [-0.15, -0.1) is 0 Å². The molecule has 0 radical (unpaired) electrons. The van der Waals surface area contributed by atoms with Crippen LogP contribution in [0.1, 0.15) is 25.8 Å². The van der Waals surface area contributed by atoms with Crippen LogP contribution in [0.25, 0.3) is 0 Å². The molecule has 0 aromatic heterocycles. The van der Waals surface area contributed by atoms with Crippen LogP contribution in [0.4, 0.5) is 5.69 Å². The van der Waals surface area contributed by atoms with Gasteiger partial charge in [0.05, 0.1) is 1.37 Å². The smallest absolute Gasteiger partial charge is 0.131 e. The number of ketones is 1. The van der Waals surface area contributed by atoms with Crippen LogP contribution in [0.2, 0.25) is 0 Å². The molecule has 1 aliphatic rings. The van der Waals surface area contributed by atoms with E-state index >= 15 is 0 Å². The SMILES string of the molecule is [2H]c1cc2c(cc1OCc1ccccc1)N(CCC(C)=O)CC2. The summed E-state index contributed by atoms with van der Waals surface area (Å²) in [5, 5.41) is 0. The summed E-state index contributed by atoms with van der Waals surface area (Å²) in [6.07, 6.45) is 1.49. The van der Waals surface area contributed by atoms with E-state index in [9.17, 15) is 4.79 Å². The lowest BCUT2D eigenvalue weighted by Crippen LogP contribution is -2.23. The van der Waals surface area contributed by atoms with Gasteiger partial charge in [-0.3, -0.25) is 4.79 Å². The van der Waals surface area contributed by atoms with E-state index in [2.05, 4.69) is 4.90 Å². The topological polar surface area (TPSA) is 29.5 Å². The van der Waals surface area contributed by atoms with E-state index < -0.39 is 0 Å². The van der Waals surface area contributed by atoms with Gasteiger partial charge in [-0.05, 0) is 30.5 Å². The molecule has 0 amide bonds. The maximum absolute atomic E-state index is 11.2. The summed E-state index contributed by atoms with van der Waals surface area (Å²) in [6, 6.07) is 14.2. The van der Waals surface area contributed by atoms with Crippen LogP contribution < -0.4 is 9.64 Å². The Labute approximate surface area is 132 Å². The summed E-state index contributed by atoms with van der Waals surface area (Å²) in [4.78, 5) is 13.4. The standard InChI is InChI=1S/C19H21NO2/c1-15(21)9-11-20-12-10-17-7-8-18(13-19(17)20)22-14-16-5-3-2-4-6-16/h2-8,13H,9-12,14H2,1H3/i8D. The minimum absolute atomic E-state index is 0.205. The first kappa shape index (κ1) is 13.4. The zero-order chi connectivity index (χ0) is 16.2. The highest BCUT2D eigenvalue weighted by Crippen LogP contribution is 2.32. The van der Waals surface area contributed by atoms with Crippen molar-refractivity contribution >= 4 is 11.5 Å². The maximum atomic E-state index is 11.2. The van der Waals surface area contributed by atoms with Gasteiger partial charge in [-0.1, -0.05) is 36.4 Å². The number of Topliss-reactive ketones (excluding diaryl/α,β-unsaturated/α-hetero) is 1. The van der Waals surface area contributed by atoms with Crippen molar-refractivity contribution in [2.45, 2.75) is 26.4 Å². The van der Waals surface area contributed by atoms with E-state index in [1.807, 2.05) is 42.5 Å². The molecule has 0 aliphatic carbocycles. The van der Waals surface area contributed by atoms with Crippen LogP contribution >= 0.6 is 0 Å². The number of carbonyl (C=O) groups is 1. The molecule has 22 heavy (non-hydrogen) atoms. The number of rotatable bonds is 6. The second-order valence-corrected chi connectivity index (χ2v) is 5.67. The first-order valence-electron chi connectivity index (χ1n) is 8.18. The lowest BCUT2D eigenvalue weighted by Gasteiger charge is -2.19. The Morgan fingerprint density at radius 3 is 2.91 bits per heavy atom. The number of carbonyl (C=O) groups excluding carboxylic acids is 1. The zero-order valence-corrected chi connectivity index (χ0v) is 12.8. The summed E-state index contributed by atoms with van der Waals surface area (Å²) in [5.74, 6) is 0.804. The van der Waals surface area contributed by atoms with Crippen LogP contribution in [0.15, 0.2) is 48.5 Å². The minimum atomic E-state index is 0.205. The quantitative estimate of drug-likeness (QED) is 0.815. The van der Waals surface area contributed by atoms with Crippen molar-refractivity contribution in [3.8, 4) is 5.75 Å². The van der Waals surface area contributed by atoms with Crippen molar-refractivity contribution < 1.29 is 10.9 Å². The van der Waals surface area contributed by atoms with Crippen molar-refractivity contribution in [1.82, 2.24) is 0 Å². The molecule has 1 heterocycles. The number of anilines is 1. The molecule has 0 bridgehead atoms. The summed E-state index contributed by atoms with van der Waals surface area (Å²) >= 11 is 0. The highest BCUT2D eigenvalue weighted by molar-refractivity contribution is 5.76. The van der Waals surface area contributed by atoms with Crippen LogP contribution in [-0.4, -0.2) is 18.9 Å². The van der Waals surface area contributed by atoms with Gasteiger partial charge in [0.1, 0.15) is 18.1 Å². The minimum Gasteiger partial charge on any atom is -0.489 e. The van der Waals surface area contributed by atoms with E-state index in [0.29, 0.717) is 24.8 Å². The summed E-state index contributed by atoms with van der Waals surface area (Å²) < 4.78 is 14.0. The fraction of sp³-hybridized carbons (Fsp3) is 0.316. The molecule has 114 valence electrons. The molecule has 3 nitrogen and oxygen atoms in total. The molecule has 0 atom stereocenters. The van der Waals surface area contributed by atoms with E-state index in [1.54, 1.807) is 6.92 Å². The van der Waals surface area contributed by atoms with Gasteiger partial charge in [0.25, 0.3) is 0 Å². The molecule has 0 N–H and O–H groups in total. The lowest BCUT2D eigenvalue weighted by molar-refractivity contribution is -0.116. The molecule has 2 aromatic rings. The van der Waals surface area contributed by atoms with E-state index in [-0.39, 0.29) is 5.78 Å². The fourth-order valence-corrected chi connectivity index (χ4v) is 2.70. The third kappa shape index (κ3) is 3.48. The van der Waals surface area contributed by atoms with E-state index in [0.717, 1.165) is 30.8 Å². The first-order chi connectivity index (χ1) is 11.1. The number of fused-ring (bicyclic) bond motifs is 1. The number of hydrogen-bond acceptors (Lipinski definition) is 3. The highest BCUT2D eigenvalue weighted by atomic mass is 16.5. The molecule has 0 saturated heterocycles. The van der Waals surface area contributed by atoms with Crippen molar-refractivity contribution in [1.29, 1.82) is 0 Å². The molecular formula is C19H21NO2. The normalized spacial score (nSPS) is 13.7. The first-order valence-corrected chi connectivity index (χ1v) is 7.68. The monoisotopic (exact) mass is 296 g/mol. The molecule has 0 unspecified atom stereocenters. The van der Waals surface area contributed by atoms with Gasteiger partial charge < -0.3 is 9.64 Å². The summed E-state index contributed by atoms with van der Waals surface area (Å²) in [5.41, 5.74) is 3.36. The molecule has 0 spiro atoms. The maximum Gasteiger partial charge on any atom is 0.131 e. The van der Waals surface area contributed by atoms with Gasteiger partial charge in [-0.25, -0.2) is 0 Å². The van der Waals surface area contributed by atoms with E-state index in [4.69, 9.17) is 6.11 Å². The Kier molecular flexibility index (Phi) is 4.04. The second-order valence-electron chi connectivity index (χ2n) is 5.67. The molecule has 3 heteroatoms. The third-order valence-electron chi connectivity index (χ3n) is 3.95. The molecular weight excluding hydrogens is 274 g/mol. The average molecular weight is 296 g/mol. The predicted octanol–water partition coefficient (Wildman–Crippen LogP) is 3.61. The highest BCUT2D eigenvalue weighted by Gasteiger charge is 2.19. The van der Waals surface area contributed by atoms with Crippen LogP contribution in [-0.2, 0) is 17.8 Å². The Bertz CT molecular complexity index is 700. The van der Waals surface area contributed by atoms with Crippen molar-refractivity contribution in [2.24, 2.45) is 0 Å². The Morgan fingerprint density at radius 1 is 1.32 bits per heavy atom. The number of ether oxygens (including phenoxy) is 1. The zero-order valence-electron chi connectivity index (χ0n) is 13.8. The summed E-state index contributed by atoms with van der Waals surface area (Å²) in [7, 11) is 0. The summed E-state index contributed by atoms with van der Waals surface area (Å²) in [6.45, 7) is 3.72. The van der Waals surface area contributed by atoms with E-state index in [1.165, 1.54) is 5.56 Å². The molecule has 0 saturated carbocycles. The number of benzene rings is 2. The van der Waals surface area contributed by atoms with Crippen LogP contribution in [0.5, 0.6) is 5.75 Å². The van der Waals surface area contributed by atoms with Crippen LogP contribution in [0, 0.1) is 0 Å². The second kappa shape index (κ2) is 6.65. The number of nitrogens with zero attached hydrogens (tertiary/aromatic N) is 1. The third-order valence-corrected chi connectivity index (χ3v) is 3.95. The molecule has 1 aliphatic heterocycles. The van der Waals surface area contributed by atoms with Gasteiger partial charge in [0.2, 0.25) is 0 Å². The average Bonchev–Trinajstić information content (AvgIpc) is 2.93. The Morgan fingerprint density at radius 2 is 2.14 bits per heavy atom. The fourth-order valence-electron chi connectivity index (χ4n) is 2.70. The Balaban J connectivity index is 1.74. The predicted molar refractivity (Wildman–Crippen MR) is 88.4 cm³/mol. The van der Waals surface area contributed by atoms with Crippen molar-refractivity contribution in [3.63, 3.8) is 0 Å². The van der Waals surface area contributed by atoms with Gasteiger partial charge in [0, 0.05) is 31.3 Å². The van der Waals surface area contributed by atoms with Gasteiger partial charge in [-0.2, -0.15) is 0 Å².